The van der Waals surface area contributed by atoms with Crippen molar-refractivity contribution < 1.29 is 8.78 Å². The first-order valence-corrected chi connectivity index (χ1v) is 10.6. The Kier molecular flexibility index (Phi) is 10.0. The van der Waals surface area contributed by atoms with Gasteiger partial charge in [0.15, 0.2) is 5.96 Å². The predicted molar refractivity (Wildman–Crippen MR) is 130 cm³/mol. The van der Waals surface area contributed by atoms with E-state index in [0.29, 0.717) is 24.8 Å². The molecule has 0 bridgehead atoms. The van der Waals surface area contributed by atoms with E-state index in [4.69, 9.17) is 0 Å². The van der Waals surface area contributed by atoms with Gasteiger partial charge in [0.2, 0.25) is 0 Å². The first-order valence-electron chi connectivity index (χ1n) is 10.6. The molecule has 2 fully saturated rings. The van der Waals surface area contributed by atoms with Crippen LogP contribution >= 0.6 is 24.0 Å². The van der Waals surface area contributed by atoms with Crippen LogP contribution in [0.3, 0.4) is 0 Å². The van der Waals surface area contributed by atoms with Crippen molar-refractivity contribution in [3.05, 3.63) is 29.8 Å². The van der Waals surface area contributed by atoms with Crippen LogP contribution in [-0.2, 0) is 0 Å². The van der Waals surface area contributed by atoms with Gasteiger partial charge in [0.05, 0.1) is 5.69 Å². The monoisotopic (exact) mass is 536 g/mol. The van der Waals surface area contributed by atoms with Crippen molar-refractivity contribution in [1.29, 1.82) is 0 Å². The van der Waals surface area contributed by atoms with Gasteiger partial charge in [-0.25, -0.2) is 8.78 Å². The third-order valence-electron chi connectivity index (χ3n) is 6.07. The summed E-state index contributed by atoms with van der Waals surface area (Å²) in [4.78, 5) is 13.5. The Morgan fingerprint density at radius 2 is 1.73 bits per heavy atom. The van der Waals surface area contributed by atoms with Crippen molar-refractivity contribution in [3.8, 4) is 0 Å². The van der Waals surface area contributed by atoms with Crippen LogP contribution in [0.5, 0.6) is 0 Å². The highest BCUT2D eigenvalue weighted by Crippen LogP contribution is 2.22. The summed E-state index contributed by atoms with van der Waals surface area (Å²) < 4.78 is 27.5. The predicted octanol–water partition coefficient (Wildman–Crippen LogP) is 2.31. The van der Waals surface area contributed by atoms with Gasteiger partial charge in [-0.15, -0.1) is 24.0 Å². The van der Waals surface area contributed by atoms with Crippen molar-refractivity contribution >= 4 is 35.6 Å². The molecule has 0 aliphatic carbocycles. The Labute approximate surface area is 196 Å². The van der Waals surface area contributed by atoms with Crippen LogP contribution in [-0.4, -0.2) is 99.2 Å². The summed E-state index contributed by atoms with van der Waals surface area (Å²) >= 11 is 0. The van der Waals surface area contributed by atoms with Crippen molar-refractivity contribution in [3.63, 3.8) is 0 Å². The topological polar surface area (TPSA) is 37.4 Å². The molecular weight excluding hydrogens is 501 g/mol. The quantitative estimate of drug-likeness (QED) is 0.356. The fraction of sp³-hybridized carbons (Fsp3) is 0.667. The minimum absolute atomic E-state index is 0. The van der Waals surface area contributed by atoms with Crippen LogP contribution in [0.4, 0.5) is 14.5 Å². The van der Waals surface area contributed by atoms with Gasteiger partial charge >= 0.3 is 0 Å². The Bertz CT molecular complexity index is 688. The number of piperazine rings is 2. The molecule has 0 amide bonds. The molecule has 1 unspecified atom stereocenters. The highest BCUT2D eigenvalue weighted by Gasteiger charge is 2.24. The average molecular weight is 536 g/mol. The Hall–Kier alpha value is -1.20. The summed E-state index contributed by atoms with van der Waals surface area (Å²) in [7, 11) is 1.80. The second-order valence-corrected chi connectivity index (χ2v) is 7.82. The maximum Gasteiger partial charge on any atom is 0.193 e. The molecule has 3 rings (SSSR count). The lowest BCUT2D eigenvalue weighted by Crippen LogP contribution is -2.56. The van der Waals surface area contributed by atoms with Crippen molar-refractivity contribution in [2.75, 3.05) is 77.4 Å². The first-order chi connectivity index (χ1) is 14.0. The molecule has 1 atom stereocenters. The average Bonchev–Trinajstić information content (AvgIpc) is 2.76. The lowest BCUT2D eigenvalue weighted by atomic mass is 10.2. The normalized spacial score (nSPS) is 20.1. The molecule has 30 heavy (non-hydrogen) atoms. The van der Waals surface area contributed by atoms with Crippen molar-refractivity contribution in [1.82, 2.24) is 20.0 Å². The van der Waals surface area contributed by atoms with Gasteiger partial charge in [0.1, 0.15) is 11.6 Å². The van der Waals surface area contributed by atoms with Gasteiger partial charge in [-0.1, -0.05) is 6.92 Å². The van der Waals surface area contributed by atoms with Gasteiger partial charge in [-0.3, -0.25) is 9.89 Å². The minimum atomic E-state index is -0.407. The molecule has 1 N–H and O–H groups in total. The standard InChI is InChI=1S/C21H34F2N6.HI/c1-4-26-7-9-27(10-8-26)17(2)16-25-21(24-3)29-13-11-28(12-14-29)20-15-18(22)5-6-19(20)23;/h5-6,15,17H,4,7-14,16H2,1-3H3,(H,24,25);1H. The first kappa shape index (κ1) is 25.1. The van der Waals surface area contributed by atoms with Gasteiger partial charge in [-0.2, -0.15) is 0 Å². The van der Waals surface area contributed by atoms with Gasteiger partial charge in [0, 0.05) is 78.1 Å². The number of nitrogens with zero attached hydrogens (tertiary/aromatic N) is 5. The van der Waals surface area contributed by atoms with E-state index in [1.54, 1.807) is 7.05 Å². The Balaban J connectivity index is 0.00000320. The maximum atomic E-state index is 14.0. The SMILES string of the molecule is CCN1CCN(C(C)CNC(=NC)N2CCN(c3cc(F)ccc3F)CC2)CC1.I. The summed E-state index contributed by atoms with van der Waals surface area (Å²) in [6.45, 7) is 13.6. The van der Waals surface area contributed by atoms with Crippen LogP contribution in [0.25, 0.3) is 0 Å². The summed E-state index contributed by atoms with van der Waals surface area (Å²) in [6, 6.07) is 4.06. The molecular formula is C21H35F2IN6. The second-order valence-electron chi connectivity index (χ2n) is 7.82. The molecule has 2 aliphatic rings. The van der Waals surface area contributed by atoms with E-state index in [0.717, 1.165) is 64.4 Å². The molecule has 0 aromatic heterocycles. The van der Waals surface area contributed by atoms with Crippen LogP contribution < -0.4 is 10.2 Å². The third-order valence-corrected chi connectivity index (χ3v) is 6.07. The minimum Gasteiger partial charge on any atom is -0.366 e. The molecule has 1 aromatic carbocycles. The van der Waals surface area contributed by atoms with Gasteiger partial charge in [-0.05, 0) is 25.6 Å². The molecule has 6 nitrogen and oxygen atoms in total. The zero-order chi connectivity index (χ0) is 20.8. The number of guanidine groups is 1. The fourth-order valence-corrected chi connectivity index (χ4v) is 4.11. The molecule has 2 aliphatic heterocycles. The summed E-state index contributed by atoms with van der Waals surface area (Å²) in [5.74, 6) is 0.0952. The number of anilines is 1. The highest BCUT2D eigenvalue weighted by molar-refractivity contribution is 14.0. The number of rotatable bonds is 5. The van der Waals surface area contributed by atoms with Crippen molar-refractivity contribution in [2.45, 2.75) is 19.9 Å². The van der Waals surface area contributed by atoms with Crippen LogP contribution in [0.15, 0.2) is 23.2 Å². The van der Waals surface area contributed by atoms with Crippen LogP contribution in [0.1, 0.15) is 13.8 Å². The van der Waals surface area contributed by atoms with E-state index in [1.807, 2.05) is 4.90 Å². The zero-order valence-corrected chi connectivity index (χ0v) is 20.6. The van der Waals surface area contributed by atoms with E-state index in [-0.39, 0.29) is 29.8 Å². The molecule has 9 heteroatoms. The fourth-order valence-electron chi connectivity index (χ4n) is 4.11. The zero-order valence-electron chi connectivity index (χ0n) is 18.3. The van der Waals surface area contributed by atoms with E-state index >= 15 is 0 Å². The largest absolute Gasteiger partial charge is 0.366 e. The summed E-state index contributed by atoms with van der Waals surface area (Å²) in [5, 5.41) is 3.50. The number of hydrogen-bond acceptors (Lipinski definition) is 4. The Morgan fingerprint density at radius 3 is 2.33 bits per heavy atom. The number of nitrogens with one attached hydrogen (secondary N) is 1. The van der Waals surface area contributed by atoms with E-state index < -0.39 is 5.82 Å². The molecule has 0 saturated carbocycles. The number of likely N-dealkylation sites (N-methyl/N-ethyl adjacent to an activating group) is 1. The smallest absolute Gasteiger partial charge is 0.193 e. The number of halogens is 3. The van der Waals surface area contributed by atoms with Crippen molar-refractivity contribution in [2.24, 2.45) is 4.99 Å². The molecule has 1 aromatic rings. The van der Waals surface area contributed by atoms with E-state index in [1.165, 1.54) is 12.1 Å². The molecule has 170 valence electrons. The maximum absolute atomic E-state index is 14.0. The highest BCUT2D eigenvalue weighted by atomic mass is 127. The summed E-state index contributed by atoms with van der Waals surface area (Å²) in [6.07, 6.45) is 0. The van der Waals surface area contributed by atoms with E-state index in [2.05, 4.69) is 38.9 Å². The number of aliphatic imine (C=N–C) groups is 1. The summed E-state index contributed by atoms with van der Waals surface area (Å²) in [5.41, 5.74) is 0.340. The third kappa shape index (κ3) is 6.40. The lowest BCUT2D eigenvalue weighted by Gasteiger charge is -2.39. The molecule has 0 radical (unpaired) electrons. The molecule has 0 spiro atoms. The number of hydrogen-bond donors (Lipinski definition) is 1. The van der Waals surface area contributed by atoms with Gasteiger partial charge in [0.25, 0.3) is 0 Å². The number of benzene rings is 1. The Morgan fingerprint density at radius 1 is 1.07 bits per heavy atom. The van der Waals surface area contributed by atoms with Crippen LogP contribution in [0, 0.1) is 11.6 Å². The second kappa shape index (κ2) is 12.0. The molecule has 2 saturated heterocycles. The van der Waals surface area contributed by atoms with Crippen LogP contribution in [0.2, 0.25) is 0 Å². The van der Waals surface area contributed by atoms with Gasteiger partial charge < -0.3 is 20.0 Å². The van der Waals surface area contributed by atoms with E-state index in [9.17, 15) is 8.78 Å². The molecule has 2 heterocycles. The lowest BCUT2D eigenvalue weighted by molar-refractivity contribution is 0.107.